The van der Waals surface area contributed by atoms with Crippen LogP contribution in [-0.4, -0.2) is 43.7 Å². The average molecular weight is 412 g/mol. The van der Waals surface area contributed by atoms with Crippen LogP contribution < -0.4 is 15.2 Å². The molecule has 1 aliphatic carbocycles. The molecule has 0 bridgehead atoms. The third-order valence-electron chi connectivity index (χ3n) is 5.67. The van der Waals surface area contributed by atoms with Crippen LogP contribution in [0.5, 0.6) is 11.5 Å². The van der Waals surface area contributed by atoms with Gasteiger partial charge in [-0.2, -0.15) is 5.10 Å². The lowest BCUT2D eigenvalue weighted by molar-refractivity contribution is 0.190. The summed E-state index contributed by atoms with van der Waals surface area (Å²) in [5, 5.41) is 8.87. The van der Waals surface area contributed by atoms with Crippen LogP contribution in [0.2, 0.25) is 10.0 Å². The van der Waals surface area contributed by atoms with E-state index in [1.165, 1.54) is 5.56 Å². The molecule has 1 fully saturated rings. The first-order valence-electron chi connectivity index (χ1n) is 9.04. The number of nitrogens with zero attached hydrogens (tertiary/aromatic N) is 1. The third-order valence-corrected chi connectivity index (χ3v) is 6.45. The topological polar surface area (TPSA) is 82.4 Å². The minimum atomic E-state index is 0.00154. The fraction of sp³-hybridized carbons (Fsp3) is 0.526. The van der Waals surface area contributed by atoms with E-state index in [0.29, 0.717) is 34.8 Å². The van der Waals surface area contributed by atoms with Crippen LogP contribution in [-0.2, 0) is 17.6 Å². The van der Waals surface area contributed by atoms with Crippen molar-refractivity contribution in [1.82, 2.24) is 10.2 Å². The molecule has 27 heavy (non-hydrogen) atoms. The summed E-state index contributed by atoms with van der Waals surface area (Å²) < 4.78 is 16.3. The summed E-state index contributed by atoms with van der Waals surface area (Å²) >= 11 is 13.2. The zero-order valence-corrected chi connectivity index (χ0v) is 16.9. The Morgan fingerprint density at radius 2 is 1.89 bits per heavy atom. The lowest BCUT2D eigenvalue weighted by atomic mass is 9.80. The van der Waals surface area contributed by atoms with E-state index in [1.807, 2.05) is 0 Å². The molecule has 0 radical (unpaired) electrons. The SMILES string of the molecule is COc1cc(OC)c(Cl)c(C2CCc3c(C4COCC4N)n[nH]c3C2)c1Cl. The van der Waals surface area contributed by atoms with Crippen LogP contribution in [0.15, 0.2) is 6.07 Å². The largest absolute Gasteiger partial charge is 0.495 e. The van der Waals surface area contributed by atoms with Crippen molar-refractivity contribution < 1.29 is 14.2 Å². The summed E-state index contributed by atoms with van der Waals surface area (Å²) in [6.45, 7) is 1.22. The van der Waals surface area contributed by atoms with Crippen molar-refractivity contribution in [2.75, 3.05) is 27.4 Å². The van der Waals surface area contributed by atoms with Crippen molar-refractivity contribution in [3.63, 3.8) is 0 Å². The Bertz CT molecular complexity index is 827. The van der Waals surface area contributed by atoms with Crippen molar-refractivity contribution in [3.8, 4) is 11.5 Å². The van der Waals surface area contributed by atoms with Gasteiger partial charge in [-0.3, -0.25) is 5.10 Å². The number of aromatic amines is 1. The summed E-state index contributed by atoms with van der Waals surface area (Å²) in [6, 6.07) is 1.72. The maximum absolute atomic E-state index is 6.61. The molecule has 8 heteroatoms. The van der Waals surface area contributed by atoms with Crippen molar-refractivity contribution in [2.45, 2.75) is 37.1 Å². The van der Waals surface area contributed by atoms with Crippen LogP contribution in [0.3, 0.4) is 0 Å². The van der Waals surface area contributed by atoms with Gasteiger partial charge in [0.05, 0.1) is 43.2 Å². The number of methoxy groups -OCH3 is 2. The molecular weight excluding hydrogens is 389 g/mol. The van der Waals surface area contributed by atoms with Crippen molar-refractivity contribution in [1.29, 1.82) is 0 Å². The Kier molecular flexibility index (Phi) is 5.25. The van der Waals surface area contributed by atoms with Gasteiger partial charge < -0.3 is 19.9 Å². The van der Waals surface area contributed by atoms with E-state index in [2.05, 4.69) is 10.2 Å². The maximum atomic E-state index is 6.61. The number of benzene rings is 1. The molecule has 0 saturated carbocycles. The Morgan fingerprint density at radius 3 is 2.48 bits per heavy atom. The molecule has 1 aliphatic heterocycles. The van der Waals surface area contributed by atoms with Gasteiger partial charge in [0, 0.05) is 29.3 Å². The predicted molar refractivity (Wildman–Crippen MR) is 104 cm³/mol. The second-order valence-electron chi connectivity index (χ2n) is 7.14. The number of H-pyrrole nitrogens is 1. The van der Waals surface area contributed by atoms with Gasteiger partial charge in [-0.15, -0.1) is 0 Å². The molecule has 1 aromatic carbocycles. The number of hydrogen-bond acceptors (Lipinski definition) is 5. The Hall–Kier alpha value is -1.47. The van der Waals surface area contributed by atoms with Crippen molar-refractivity contribution in [3.05, 3.63) is 38.6 Å². The minimum Gasteiger partial charge on any atom is -0.495 e. The molecule has 3 unspecified atom stereocenters. The zero-order valence-electron chi connectivity index (χ0n) is 15.4. The van der Waals surface area contributed by atoms with E-state index in [0.717, 1.165) is 36.2 Å². The van der Waals surface area contributed by atoms with E-state index in [-0.39, 0.29) is 17.9 Å². The second kappa shape index (κ2) is 7.51. The molecule has 146 valence electrons. The van der Waals surface area contributed by atoms with Gasteiger partial charge in [-0.05, 0) is 30.7 Å². The van der Waals surface area contributed by atoms with Gasteiger partial charge in [0.25, 0.3) is 0 Å². The summed E-state index contributed by atoms with van der Waals surface area (Å²) in [7, 11) is 3.18. The Morgan fingerprint density at radius 1 is 1.19 bits per heavy atom. The van der Waals surface area contributed by atoms with Crippen LogP contribution in [0.4, 0.5) is 0 Å². The molecule has 3 N–H and O–H groups in total. The zero-order chi connectivity index (χ0) is 19.1. The standard InChI is InChI=1S/C19H23Cl2N3O3/c1-25-14-6-15(26-2)18(21)16(17(14)20)9-3-4-10-13(5-9)23-24-19(10)11-7-27-8-12(11)22/h6,9,11-12H,3-5,7-8,22H2,1-2H3,(H,23,24). The van der Waals surface area contributed by atoms with E-state index in [1.54, 1.807) is 20.3 Å². The third kappa shape index (κ3) is 3.18. The van der Waals surface area contributed by atoms with Gasteiger partial charge in [0.15, 0.2) is 0 Å². The smallest absolute Gasteiger partial charge is 0.141 e. The first-order valence-corrected chi connectivity index (χ1v) is 9.79. The van der Waals surface area contributed by atoms with E-state index >= 15 is 0 Å². The molecular formula is C19H23Cl2N3O3. The highest BCUT2D eigenvalue weighted by atomic mass is 35.5. The van der Waals surface area contributed by atoms with Crippen LogP contribution in [0.1, 0.15) is 40.8 Å². The van der Waals surface area contributed by atoms with Crippen LogP contribution >= 0.6 is 23.2 Å². The van der Waals surface area contributed by atoms with Gasteiger partial charge >= 0.3 is 0 Å². The highest BCUT2D eigenvalue weighted by Crippen LogP contribution is 2.47. The highest BCUT2D eigenvalue weighted by Gasteiger charge is 2.35. The molecule has 1 aromatic heterocycles. The highest BCUT2D eigenvalue weighted by molar-refractivity contribution is 6.38. The quantitative estimate of drug-likeness (QED) is 0.804. The summed E-state index contributed by atoms with van der Waals surface area (Å²) in [4.78, 5) is 0. The second-order valence-corrected chi connectivity index (χ2v) is 7.89. The van der Waals surface area contributed by atoms with Gasteiger partial charge in [0.2, 0.25) is 0 Å². The van der Waals surface area contributed by atoms with Gasteiger partial charge in [0.1, 0.15) is 11.5 Å². The molecule has 0 amide bonds. The predicted octanol–water partition coefficient (Wildman–Crippen LogP) is 3.45. The Balaban J connectivity index is 1.67. The summed E-state index contributed by atoms with van der Waals surface area (Å²) in [5.74, 6) is 1.45. The van der Waals surface area contributed by atoms with Crippen LogP contribution in [0.25, 0.3) is 0 Å². The molecule has 6 nitrogen and oxygen atoms in total. The number of nitrogens with one attached hydrogen (secondary N) is 1. The maximum Gasteiger partial charge on any atom is 0.141 e. The van der Waals surface area contributed by atoms with Gasteiger partial charge in [-0.25, -0.2) is 0 Å². The molecule has 1 saturated heterocycles. The lowest BCUT2D eigenvalue weighted by Crippen LogP contribution is -2.28. The number of rotatable bonds is 4. The summed E-state index contributed by atoms with van der Waals surface area (Å²) in [5.41, 5.74) is 10.5. The number of halogens is 2. The monoisotopic (exact) mass is 411 g/mol. The first kappa shape index (κ1) is 18.9. The molecule has 2 aliphatic rings. The van der Waals surface area contributed by atoms with E-state index < -0.39 is 0 Å². The van der Waals surface area contributed by atoms with Crippen molar-refractivity contribution >= 4 is 23.2 Å². The number of aromatic nitrogens is 2. The minimum absolute atomic E-state index is 0.00154. The fourth-order valence-corrected chi connectivity index (χ4v) is 5.01. The number of ether oxygens (including phenoxy) is 3. The number of hydrogen-bond donors (Lipinski definition) is 2. The number of nitrogens with two attached hydrogens (primary N) is 1. The average Bonchev–Trinajstić information content (AvgIpc) is 3.27. The fourth-order valence-electron chi connectivity index (χ4n) is 4.20. The molecule has 2 aromatic rings. The summed E-state index contributed by atoms with van der Waals surface area (Å²) in [6.07, 6.45) is 2.58. The first-order chi connectivity index (χ1) is 13.0. The van der Waals surface area contributed by atoms with Crippen molar-refractivity contribution in [2.24, 2.45) is 5.73 Å². The van der Waals surface area contributed by atoms with Gasteiger partial charge in [-0.1, -0.05) is 23.2 Å². The van der Waals surface area contributed by atoms with E-state index in [9.17, 15) is 0 Å². The van der Waals surface area contributed by atoms with Crippen LogP contribution in [0, 0.1) is 0 Å². The Labute approximate surface area is 168 Å². The molecule has 4 rings (SSSR count). The number of fused-ring (bicyclic) bond motifs is 1. The normalized spacial score (nSPS) is 24.7. The molecule has 3 atom stereocenters. The molecule has 0 spiro atoms. The molecule has 2 heterocycles. The lowest BCUT2D eigenvalue weighted by Gasteiger charge is -2.26. The van der Waals surface area contributed by atoms with E-state index in [4.69, 9.17) is 43.1 Å².